The van der Waals surface area contributed by atoms with Crippen LogP contribution in [0, 0.1) is 23.2 Å². The number of carbonyl (C=O) groups excluding carboxylic acids is 6. The number of Topliss-reactive ketones (excluding diaryl/α,β-unsaturated/α-hetero) is 1. The highest BCUT2D eigenvalue weighted by molar-refractivity contribution is 6.30. The van der Waals surface area contributed by atoms with Gasteiger partial charge in [-0.2, -0.15) is 0 Å². The summed E-state index contributed by atoms with van der Waals surface area (Å²) in [6.45, 7) is 17.9. The molecule has 0 radical (unpaired) electrons. The second-order valence-electron chi connectivity index (χ2n) is 15.4. The van der Waals surface area contributed by atoms with Crippen LogP contribution in [0.1, 0.15) is 87.5 Å². The van der Waals surface area contributed by atoms with E-state index in [1.54, 1.807) is 9.80 Å². The Kier molecular flexibility index (Phi) is 17.9. The number of ketones is 1. The number of carbonyl (C=O) groups is 6. The number of urea groups is 1. The van der Waals surface area contributed by atoms with Crippen LogP contribution in [-0.2, 0) is 24.0 Å². The molecule has 0 aromatic heterocycles. The van der Waals surface area contributed by atoms with Crippen LogP contribution in [0.4, 0.5) is 10.5 Å². The highest BCUT2D eigenvalue weighted by atomic mass is 35.5. The van der Waals surface area contributed by atoms with Crippen molar-refractivity contribution in [2.24, 2.45) is 28.9 Å². The lowest BCUT2D eigenvalue weighted by Gasteiger charge is -2.36. The predicted molar refractivity (Wildman–Crippen MR) is 205 cm³/mol. The average Bonchev–Trinajstić information content (AvgIpc) is 3.78. The van der Waals surface area contributed by atoms with Gasteiger partial charge in [-0.15, -0.1) is 0 Å². The van der Waals surface area contributed by atoms with Gasteiger partial charge in [0.2, 0.25) is 24.1 Å². The van der Waals surface area contributed by atoms with Crippen molar-refractivity contribution in [3.05, 3.63) is 29.3 Å². The molecule has 1 saturated carbocycles. The zero-order chi connectivity index (χ0) is 39.2. The molecule has 2 heterocycles. The van der Waals surface area contributed by atoms with Crippen LogP contribution in [0.15, 0.2) is 24.3 Å². The van der Waals surface area contributed by atoms with Crippen LogP contribution >= 0.6 is 11.6 Å². The molecule has 13 nitrogen and oxygen atoms in total. The van der Waals surface area contributed by atoms with E-state index in [1.165, 1.54) is 13.3 Å². The van der Waals surface area contributed by atoms with E-state index in [-0.39, 0.29) is 48.3 Å². The maximum absolute atomic E-state index is 14.1. The zero-order valence-corrected chi connectivity index (χ0v) is 33.1. The summed E-state index contributed by atoms with van der Waals surface area (Å²) in [5.41, 5.74) is 4.49. The number of hydrogen-bond donors (Lipinski definition) is 4. The van der Waals surface area contributed by atoms with Crippen molar-refractivity contribution >= 4 is 53.2 Å². The number of hydrogen-bond acceptors (Lipinski definition) is 7. The lowest BCUT2D eigenvalue weighted by molar-refractivity contribution is -0.142. The number of nitrogens with one attached hydrogen (secondary N) is 3. The highest BCUT2D eigenvalue weighted by Gasteiger charge is 2.46. The maximum atomic E-state index is 14.1. The van der Waals surface area contributed by atoms with Crippen molar-refractivity contribution < 1.29 is 28.8 Å². The molecule has 14 heteroatoms. The lowest BCUT2D eigenvalue weighted by atomic mass is 9.85. The Morgan fingerprint density at radius 2 is 1.62 bits per heavy atom. The smallest absolute Gasteiger partial charge is 0.315 e. The first-order valence-corrected chi connectivity index (χ1v) is 18.9. The fourth-order valence-electron chi connectivity index (χ4n) is 6.28. The van der Waals surface area contributed by atoms with Gasteiger partial charge in [-0.05, 0) is 61.1 Å². The molecule has 3 aliphatic rings. The highest BCUT2D eigenvalue weighted by Crippen LogP contribution is 2.35. The minimum atomic E-state index is -0.944. The van der Waals surface area contributed by atoms with Crippen molar-refractivity contribution in [2.45, 2.75) is 106 Å². The summed E-state index contributed by atoms with van der Waals surface area (Å²) < 4.78 is 0. The van der Waals surface area contributed by atoms with Gasteiger partial charge in [0.05, 0.1) is 12.6 Å². The molecule has 6 amide bonds. The maximum Gasteiger partial charge on any atom is 0.315 e. The number of halogens is 1. The molecule has 2 saturated heterocycles. The number of benzene rings is 1. The van der Waals surface area contributed by atoms with Crippen LogP contribution in [0.2, 0.25) is 5.02 Å². The molecule has 4 atom stereocenters. The number of piperazine rings is 1. The molecule has 1 aromatic carbocycles. The average molecular weight is 748 g/mol. The molecule has 3 unspecified atom stereocenters. The van der Waals surface area contributed by atoms with E-state index in [2.05, 4.69) is 54.3 Å². The van der Waals surface area contributed by atoms with Crippen LogP contribution < -0.4 is 26.6 Å². The second-order valence-corrected chi connectivity index (χ2v) is 15.9. The van der Waals surface area contributed by atoms with Crippen LogP contribution in [0.3, 0.4) is 0 Å². The van der Waals surface area contributed by atoms with E-state index in [9.17, 15) is 24.0 Å². The van der Waals surface area contributed by atoms with Gasteiger partial charge < -0.3 is 36.4 Å². The van der Waals surface area contributed by atoms with Crippen molar-refractivity contribution in [1.82, 2.24) is 25.8 Å². The molecule has 292 valence electrons. The van der Waals surface area contributed by atoms with Gasteiger partial charge in [0.15, 0.2) is 5.78 Å². The molecule has 3 fully saturated rings. The molecule has 5 N–H and O–H groups in total. The van der Waals surface area contributed by atoms with Gasteiger partial charge in [-0.1, -0.05) is 85.4 Å². The minimum absolute atomic E-state index is 0.0834. The van der Waals surface area contributed by atoms with Gasteiger partial charge in [0.1, 0.15) is 12.1 Å². The quantitative estimate of drug-likeness (QED) is 0.248. The van der Waals surface area contributed by atoms with E-state index in [0.29, 0.717) is 56.5 Å². The summed E-state index contributed by atoms with van der Waals surface area (Å²) in [6.07, 6.45) is 4.75. The van der Waals surface area contributed by atoms with E-state index in [1.807, 2.05) is 45.0 Å². The second kappa shape index (κ2) is 21.0. The molecule has 52 heavy (non-hydrogen) atoms. The summed E-state index contributed by atoms with van der Waals surface area (Å²) in [7, 11) is 0. The van der Waals surface area contributed by atoms with Gasteiger partial charge in [-0.25, -0.2) is 4.79 Å². The molecule has 2 aliphatic heterocycles. The number of nitrogens with two attached hydrogens (primary N) is 1. The molecule has 4 rings (SSSR count). The van der Waals surface area contributed by atoms with E-state index in [4.69, 9.17) is 16.4 Å². The van der Waals surface area contributed by atoms with E-state index in [0.717, 1.165) is 18.5 Å². The van der Waals surface area contributed by atoms with Gasteiger partial charge in [0.25, 0.3) is 0 Å². The van der Waals surface area contributed by atoms with Crippen molar-refractivity contribution in [3.8, 4) is 0 Å². The fourth-order valence-corrected chi connectivity index (χ4v) is 6.46. The molecule has 0 spiro atoms. The van der Waals surface area contributed by atoms with Crippen LogP contribution in [-0.4, -0.2) is 103 Å². The third-order valence-electron chi connectivity index (χ3n) is 9.53. The molecular weight excluding hydrogens is 686 g/mol. The zero-order valence-electron chi connectivity index (χ0n) is 32.4. The first-order valence-electron chi connectivity index (χ1n) is 18.6. The topological polar surface area (TPSA) is 174 Å². The van der Waals surface area contributed by atoms with Gasteiger partial charge >= 0.3 is 6.03 Å². The Hall–Kier alpha value is -3.87. The standard InChI is InChI=1S/C34H51ClN6O5.C3H8.CH3NO/c1-21(2)24-17-28(31(44)37-27(22(3)42)16-23-10-11-23)41(20-24)32(45)30(34(4,5)6)38-33(46)36-19-29(43)40-14-12-39(13-15-40)26-9-7-8-25(35)18-26;1-3-2;2-1-3/h7-9,18,21,23-24,27-28,30H,10-17,19-20H2,1-6H3,(H,37,44)(H2,36,38,46);3H2,1-2H3;1H,(H2,2,3)/t24-,27?,28?,30?;;/m1../s1. The number of rotatable bonds is 11. The summed E-state index contributed by atoms with van der Waals surface area (Å²) in [6, 6.07) is 4.74. The third-order valence-corrected chi connectivity index (χ3v) is 9.76. The number of amides is 6. The first kappa shape index (κ1) is 44.3. The summed E-state index contributed by atoms with van der Waals surface area (Å²) >= 11 is 6.13. The number of likely N-dealkylation sites (tertiary alicyclic amines) is 1. The lowest BCUT2D eigenvalue weighted by Crippen LogP contribution is -2.60. The van der Waals surface area contributed by atoms with Gasteiger partial charge in [-0.3, -0.25) is 24.0 Å². The molecule has 0 bridgehead atoms. The third kappa shape index (κ3) is 13.9. The normalized spacial score (nSPS) is 19.6. The van der Waals surface area contributed by atoms with E-state index < -0.39 is 29.6 Å². The van der Waals surface area contributed by atoms with Crippen molar-refractivity contribution in [3.63, 3.8) is 0 Å². The van der Waals surface area contributed by atoms with Gasteiger partial charge in [0, 0.05) is 43.4 Å². The Labute approximate surface area is 315 Å². The SMILES string of the molecule is CC(=O)C(CC1CC1)NC(=O)C1C[C@@H](C(C)C)CN1C(=O)C(NC(=O)NCC(=O)N1CCN(c2cccc(Cl)c2)CC1)C(C)(C)C.CCC.NC=O. The fraction of sp³-hybridized carbons (Fsp3) is 0.684. The number of anilines is 1. The summed E-state index contributed by atoms with van der Waals surface area (Å²) in [5.74, 6) is -0.165. The Morgan fingerprint density at radius 3 is 2.12 bits per heavy atom. The largest absolute Gasteiger partial charge is 0.372 e. The first-order chi connectivity index (χ1) is 24.5. The predicted octanol–water partition coefficient (Wildman–Crippen LogP) is 3.97. The summed E-state index contributed by atoms with van der Waals surface area (Å²) in [4.78, 5) is 80.1. The number of primary amides is 1. The minimum Gasteiger partial charge on any atom is -0.372 e. The molecule has 1 aromatic rings. The van der Waals surface area contributed by atoms with E-state index >= 15 is 0 Å². The molecule has 1 aliphatic carbocycles. The number of nitrogens with zero attached hydrogens (tertiary/aromatic N) is 3. The summed E-state index contributed by atoms with van der Waals surface area (Å²) in [5, 5.41) is 9.04. The Balaban J connectivity index is 0.00000146. The monoisotopic (exact) mass is 747 g/mol. The van der Waals surface area contributed by atoms with Crippen LogP contribution in [0.5, 0.6) is 0 Å². The van der Waals surface area contributed by atoms with Crippen molar-refractivity contribution in [2.75, 3.05) is 44.2 Å². The Bertz CT molecular complexity index is 1360. The van der Waals surface area contributed by atoms with Crippen molar-refractivity contribution in [1.29, 1.82) is 0 Å². The van der Waals surface area contributed by atoms with Crippen LogP contribution in [0.25, 0.3) is 0 Å². The molecular formula is C38H62ClN7O6. The Morgan fingerprint density at radius 1 is 1.02 bits per heavy atom.